The SMILES string of the molecule is CC(N)C1c2ncccc2CCC12CC2. The van der Waals surface area contributed by atoms with Crippen LogP contribution in [0.5, 0.6) is 0 Å². The molecule has 1 fully saturated rings. The third-order valence-electron chi connectivity index (χ3n) is 4.19. The minimum Gasteiger partial charge on any atom is -0.327 e. The van der Waals surface area contributed by atoms with Crippen LogP contribution in [0.1, 0.15) is 43.4 Å². The van der Waals surface area contributed by atoms with Crippen LogP contribution >= 0.6 is 0 Å². The second kappa shape index (κ2) is 3.05. The molecule has 1 saturated carbocycles. The van der Waals surface area contributed by atoms with Gasteiger partial charge < -0.3 is 5.73 Å². The molecule has 1 aromatic heterocycles. The number of hydrogen-bond donors (Lipinski definition) is 1. The summed E-state index contributed by atoms with van der Waals surface area (Å²) in [5.74, 6) is 0.502. The van der Waals surface area contributed by atoms with Gasteiger partial charge in [0.05, 0.1) is 0 Å². The third-order valence-corrected chi connectivity index (χ3v) is 4.19. The van der Waals surface area contributed by atoms with E-state index in [0.717, 1.165) is 0 Å². The van der Waals surface area contributed by atoms with Crippen molar-refractivity contribution in [2.75, 3.05) is 0 Å². The van der Waals surface area contributed by atoms with Crippen LogP contribution in [-0.2, 0) is 6.42 Å². The molecule has 1 aromatic rings. The number of aromatic nitrogens is 1. The summed E-state index contributed by atoms with van der Waals surface area (Å²) in [4.78, 5) is 4.58. The first-order valence-corrected chi connectivity index (χ1v) is 5.92. The van der Waals surface area contributed by atoms with E-state index in [2.05, 4.69) is 18.0 Å². The average Bonchev–Trinajstić information content (AvgIpc) is 2.98. The van der Waals surface area contributed by atoms with E-state index in [1.807, 2.05) is 12.3 Å². The number of hydrogen-bond acceptors (Lipinski definition) is 2. The molecule has 1 heterocycles. The number of rotatable bonds is 1. The van der Waals surface area contributed by atoms with Crippen molar-refractivity contribution in [3.63, 3.8) is 0 Å². The van der Waals surface area contributed by atoms with E-state index < -0.39 is 0 Å². The Bertz CT molecular complexity index is 380. The summed E-state index contributed by atoms with van der Waals surface area (Å²) < 4.78 is 0. The maximum Gasteiger partial charge on any atom is 0.0487 e. The van der Waals surface area contributed by atoms with Crippen molar-refractivity contribution in [3.8, 4) is 0 Å². The van der Waals surface area contributed by atoms with Gasteiger partial charge in [-0.1, -0.05) is 6.07 Å². The van der Waals surface area contributed by atoms with Gasteiger partial charge in [-0.05, 0) is 49.7 Å². The van der Waals surface area contributed by atoms with Crippen LogP contribution in [0.3, 0.4) is 0 Å². The predicted molar refractivity (Wildman–Crippen MR) is 60.6 cm³/mol. The Morgan fingerprint density at radius 3 is 2.93 bits per heavy atom. The molecule has 15 heavy (non-hydrogen) atoms. The Balaban J connectivity index is 2.08. The van der Waals surface area contributed by atoms with Gasteiger partial charge in [-0.2, -0.15) is 0 Å². The van der Waals surface area contributed by atoms with Crippen LogP contribution in [0.2, 0.25) is 0 Å². The summed E-state index contributed by atoms with van der Waals surface area (Å²) in [5, 5.41) is 0. The van der Waals surface area contributed by atoms with Crippen molar-refractivity contribution < 1.29 is 0 Å². The highest BCUT2D eigenvalue weighted by Gasteiger charge is 2.53. The van der Waals surface area contributed by atoms with Gasteiger partial charge in [0.25, 0.3) is 0 Å². The molecule has 80 valence electrons. The van der Waals surface area contributed by atoms with Gasteiger partial charge in [-0.3, -0.25) is 4.98 Å². The number of nitrogens with two attached hydrogens (primary N) is 1. The number of nitrogens with zero attached hydrogens (tertiary/aromatic N) is 1. The quantitative estimate of drug-likeness (QED) is 0.758. The molecule has 0 radical (unpaired) electrons. The molecule has 2 nitrogen and oxygen atoms in total. The Hall–Kier alpha value is -0.890. The molecular formula is C13H18N2. The van der Waals surface area contributed by atoms with E-state index >= 15 is 0 Å². The van der Waals surface area contributed by atoms with Crippen molar-refractivity contribution in [2.24, 2.45) is 11.1 Å². The summed E-state index contributed by atoms with van der Waals surface area (Å²) in [5.41, 5.74) is 9.40. The molecule has 1 spiro atoms. The molecule has 3 rings (SSSR count). The normalized spacial score (nSPS) is 28.5. The topological polar surface area (TPSA) is 38.9 Å². The fourth-order valence-electron chi connectivity index (χ4n) is 3.30. The van der Waals surface area contributed by atoms with Crippen LogP contribution < -0.4 is 5.73 Å². The highest BCUT2D eigenvalue weighted by molar-refractivity contribution is 5.32. The Morgan fingerprint density at radius 2 is 2.27 bits per heavy atom. The monoisotopic (exact) mass is 202 g/mol. The van der Waals surface area contributed by atoms with Crippen LogP contribution in [0.15, 0.2) is 18.3 Å². The summed E-state index contributed by atoms with van der Waals surface area (Å²) in [7, 11) is 0. The molecule has 0 bridgehead atoms. The number of aryl methyl sites for hydroxylation is 1. The van der Waals surface area contributed by atoms with Crippen LogP contribution in [0, 0.1) is 5.41 Å². The van der Waals surface area contributed by atoms with Gasteiger partial charge in [-0.15, -0.1) is 0 Å². The standard InChI is InChI=1S/C13H18N2/c1-9(14)11-12-10(3-2-8-15-12)4-5-13(11)6-7-13/h2-3,8-9,11H,4-7,14H2,1H3. The smallest absolute Gasteiger partial charge is 0.0487 e. The van der Waals surface area contributed by atoms with Gasteiger partial charge in [0.1, 0.15) is 0 Å². The van der Waals surface area contributed by atoms with Crippen molar-refractivity contribution in [3.05, 3.63) is 29.6 Å². The lowest BCUT2D eigenvalue weighted by molar-refractivity contribution is 0.305. The van der Waals surface area contributed by atoms with Crippen LogP contribution in [0.4, 0.5) is 0 Å². The van der Waals surface area contributed by atoms with E-state index in [-0.39, 0.29) is 6.04 Å². The largest absolute Gasteiger partial charge is 0.327 e. The molecule has 2 unspecified atom stereocenters. The van der Waals surface area contributed by atoms with Gasteiger partial charge in [-0.25, -0.2) is 0 Å². The molecule has 2 N–H and O–H groups in total. The van der Waals surface area contributed by atoms with E-state index in [1.165, 1.54) is 36.9 Å². The molecule has 2 aliphatic carbocycles. The lowest BCUT2D eigenvalue weighted by atomic mass is 9.72. The van der Waals surface area contributed by atoms with Crippen molar-refractivity contribution in [1.29, 1.82) is 0 Å². The first-order chi connectivity index (χ1) is 7.23. The Morgan fingerprint density at radius 1 is 1.47 bits per heavy atom. The van der Waals surface area contributed by atoms with Gasteiger partial charge in [0.15, 0.2) is 0 Å². The highest BCUT2D eigenvalue weighted by Crippen LogP contribution is 2.62. The van der Waals surface area contributed by atoms with Crippen molar-refractivity contribution >= 4 is 0 Å². The predicted octanol–water partition coefficient (Wildman–Crippen LogP) is 2.24. The van der Waals surface area contributed by atoms with Crippen LogP contribution in [0.25, 0.3) is 0 Å². The van der Waals surface area contributed by atoms with E-state index in [9.17, 15) is 0 Å². The van der Waals surface area contributed by atoms with Gasteiger partial charge >= 0.3 is 0 Å². The van der Waals surface area contributed by atoms with E-state index in [4.69, 9.17) is 5.73 Å². The Kier molecular flexibility index (Phi) is 1.90. The van der Waals surface area contributed by atoms with Gasteiger partial charge in [0, 0.05) is 23.9 Å². The minimum absolute atomic E-state index is 0.237. The molecule has 0 aromatic carbocycles. The molecule has 2 aliphatic rings. The van der Waals surface area contributed by atoms with E-state index in [1.54, 1.807) is 0 Å². The molecular weight excluding hydrogens is 184 g/mol. The zero-order valence-electron chi connectivity index (χ0n) is 9.24. The molecule has 0 aliphatic heterocycles. The second-order valence-corrected chi connectivity index (χ2v) is 5.25. The minimum atomic E-state index is 0.237. The number of fused-ring (bicyclic) bond motifs is 1. The molecule has 2 heteroatoms. The maximum atomic E-state index is 6.16. The summed E-state index contributed by atoms with van der Waals surface area (Å²) in [6.07, 6.45) is 7.14. The van der Waals surface area contributed by atoms with Crippen LogP contribution in [-0.4, -0.2) is 11.0 Å². The van der Waals surface area contributed by atoms with Gasteiger partial charge in [0.2, 0.25) is 0 Å². The zero-order chi connectivity index (χ0) is 10.5. The lowest BCUT2D eigenvalue weighted by Crippen LogP contribution is -2.36. The lowest BCUT2D eigenvalue weighted by Gasteiger charge is -2.35. The zero-order valence-corrected chi connectivity index (χ0v) is 9.24. The highest BCUT2D eigenvalue weighted by atomic mass is 14.8. The average molecular weight is 202 g/mol. The second-order valence-electron chi connectivity index (χ2n) is 5.25. The third kappa shape index (κ3) is 1.31. The van der Waals surface area contributed by atoms with Crippen molar-refractivity contribution in [1.82, 2.24) is 4.98 Å². The van der Waals surface area contributed by atoms with Crippen molar-refractivity contribution in [2.45, 2.75) is 44.6 Å². The maximum absolute atomic E-state index is 6.16. The summed E-state index contributed by atoms with van der Waals surface area (Å²) in [6.45, 7) is 2.13. The molecule has 0 saturated heterocycles. The fourth-order valence-corrected chi connectivity index (χ4v) is 3.30. The fraction of sp³-hybridized carbons (Fsp3) is 0.615. The number of pyridine rings is 1. The first-order valence-electron chi connectivity index (χ1n) is 5.92. The molecule has 0 amide bonds. The summed E-state index contributed by atoms with van der Waals surface area (Å²) >= 11 is 0. The summed E-state index contributed by atoms with van der Waals surface area (Å²) in [6, 6.07) is 4.50. The van der Waals surface area contributed by atoms with E-state index in [0.29, 0.717) is 11.3 Å². The Labute approximate surface area is 90.9 Å². The molecule has 2 atom stereocenters. The first kappa shape index (κ1) is 9.34.